The third-order valence-corrected chi connectivity index (χ3v) is 3.70. The van der Waals surface area contributed by atoms with Crippen LogP contribution in [0.5, 0.6) is 5.88 Å². The number of aromatic nitrogens is 2. The number of rotatable bonds is 3. The van der Waals surface area contributed by atoms with Gasteiger partial charge >= 0.3 is 0 Å². The molecule has 1 saturated carbocycles. The molecule has 0 bridgehead atoms. The van der Waals surface area contributed by atoms with Crippen LogP contribution in [0.2, 0.25) is 5.28 Å². The third kappa shape index (κ3) is 3.09. The molecule has 0 aliphatic heterocycles. The summed E-state index contributed by atoms with van der Waals surface area (Å²) in [5, 5.41) is 0.259. The first kappa shape index (κ1) is 12.6. The maximum Gasteiger partial charge on any atom is 0.225 e. The van der Waals surface area contributed by atoms with E-state index in [4.69, 9.17) is 16.3 Å². The second kappa shape index (κ2) is 5.67. The first-order valence-electron chi connectivity index (χ1n) is 6.36. The third-order valence-electron chi connectivity index (χ3n) is 3.52. The molecule has 1 fully saturated rings. The number of nitrogens with zero attached hydrogens (tertiary/aromatic N) is 2. The van der Waals surface area contributed by atoms with Crippen molar-refractivity contribution < 1.29 is 4.74 Å². The van der Waals surface area contributed by atoms with Gasteiger partial charge in [0, 0.05) is 11.8 Å². The summed E-state index contributed by atoms with van der Waals surface area (Å²) in [5.74, 6) is 1.30. The Hall–Kier alpha value is -0.830. The predicted octanol–water partition coefficient (Wildman–Crippen LogP) is 3.79. The van der Waals surface area contributed by atoms with Crippen LogP contribution in [0, 0.1) is 12.8 Å². The van der Waals surface area contributed by atoms with Crippen LogP contribution < -0.4 is 4.74 Å². The van der Waals surface area contributed by atoms with Crippen molar-refractivity contribution in [1.29, 1.82) is 0 Å². The Morgan fingerprint density at radius 1 is 1.41 bits per heavy atom. The van der Waals surface area contributed by atoms with E-state index >= 15 is 0 Å². The van der Waals surface area contributed by atoms with Crippen molar-refractivity contribution in [2.24, 2.45) is 5.92 Å². The first-order valence-corrected chi connectivity index (χ1v) is 6.74. The van der Waals surface area contributed by atoms with Gasteiger partial charge in [0.25, 0.3) is 0 Å². The van der Waals surface area contributed by atoms with Crippen LogP contribution in [0.25, 0.3) is 0 Å². The van der Waals surface area contributed by atoms with Gasteiger partial charge in [-0.05, 0) is 50.1 Å². The van der Waals surface area contributed by atoms with Crippen LogP contribution in [0.1, 0.15) is 44.6 Å². The number of hydrogen-bond donors (Lipinski definition) is 0. The quantitative estimate of drug-likeness (QED) is 0.770. The standard InChI is InChI=1S/C13H19ClN2O/c1-3-10-6-4-5-7-11(10)17-12-9(2)8-15-13(14)16-12/h8,10-11H,3-7H2,1-2H3. The summed E-state index contributed by atoms with van der Waals surface area (Å²) in [6.45, 7) is 4.18. The molecule has 1 aliphatic rings. The van der Waals surface area contributed by atoms with Gasteiger partial charge in [0.1, 0.15) is 6.10 Å². The lowest BCUT2D eigenvalue weighted by atomic mass is 9.85. The minimum Gasteiger partial charge on any atom is -0.474 e. The van der Waals surface area contributed by atoms with Crippen LogP contribution in [0.4, 0.5) is 0 Å². The monoisotopic (exact) mass is 254 g/mol. The average molecular weight is 255 g/mol. The Kier molecular flexibility index (Phi) is 4.21. The highest BCUT2D eigenvalue weighted by Crippen LogP contribution is 2.30. The van der Waals surface area contributed by atoms with Gasteiger partial charge in [-0.3, -0.25) is 0 Å². The molecule has 1 aliphatic carbocycles. The Bertz CT molecular complexity index is 384. The van der Waals surface area contributed by atoms with Gasteiger partial charge in [-0.25, -0.2) is 4.98 Å². The van der Waals surface area contributed by atoms with Gasteiger partial charge in [-0.15, -0.1) is 0 Å². The van der Waals surface area contributed by atoms with Crippen molar-refractivity contribution in [3.8, 4) is 5.88 Å². The zero-order valence-corrected chi connectivity index (χ0v) is 11.2. The fourth-order valence-corrected chi connectivity index (χ4v) is 2.59. The largest absolute Gasteiger partial charge is 0.474 e. The van der Waals surface area contributed by atoms with E-state index in [1.54, 1.807) is 6.20 Å². The van der Waals surface area contributed by atoms with Crippen molar-refractivity contribution in [3.63, 3.8) is 0 Å². The summed E-state index contributed by atoms with van der Waals surface area (Å²) in [7, 11) is 0. The fourth-order valence-electron chi connectivity index (χ4n) is 2.46. The highest BCUT2D eigenvalue weighted by Gasteiger charge is 2.26. The summed E-state index contributed by atoms with van der Waals surface area (Å²) >= 11 is 5.80. The van der Waals surface area contributed by atoms with E-state index in [1.165, 1.54) is 25.7 Å². The molecule has 94 valence electrons. The lowest BCUT2D eigenvalue weighted by Crippen LogP contribution is -2.30. The molecular weight excluding hydrogens is 236 g/mol. The smallest absolute Gasteiger partial charge is 0.225 e. The average Bonchev–Trinajstić information content (AvgIpc) is 2.34. The zero-order valence-electron chi connectivity index (χ0n) is 10.4. The molecular formula is C13H19ClN2O. The molecule has 17 heavy (non-hydrogen) atoms. The topological polar surface area (TPSA) is 35.0 Å². The first-order chi connectivity index (χ1) is 8.20. The molecule has 2 atom stereocenters. The normalized spacial score (nSPS) is 24.6. The number of ether oxygens (including phenoxy) is 1. The Balaban J connectivity index is 2.10. The lowest BCUT2D eigenvalue weighted by Gasteiger charge is -2.31. The molecule has 1 aromatic heterocycles. The molecule has 2 unspecified atom stereocenters. The number of aryl methyl sites for hydroxylation is 1. The maximum atomic E-state index is 6.03. The predicted molar refractivity (Wildman–Crippen MR) is 68.4 cm³/mol. The van der Waals surface area contributed by atoms with Crippen molar-refractivity contribution in [1.82, 2.24) is 9.97 Å². The Morgan fingerprint density at radius 2 is 2.18 bits per heavy atom. The molecule has 3 nitrogen and oxygen atoms in total. The van der Waals surface area contributed by atoms with Crippen LogP contribution >= 0.6 is 11.6 Å². The van der Waals surface area contributed by atoms with Gasteiger partial charge in [0.05, 0.1) is 0 Å². The second-order valence-corrected chi connectivity index (χ2v) is 5.07. The van der Waals surface area contributed by atoms with Gasteiger partial charge in [-0.1, -0.05) is 13.3 Å². The van der Waals surface area contributed by atoms with E-state index in [0.717, 1.165) is 12.0 Å². The van der Waals surface area contributed by atoms with E-state index in [-0.39, 0.29) is 5.28 Å². The van der Waals surface area contributed by atoms with E-state index < -0.39 is 0 Å². The maximum absolute atomic E-state index is 6.03. The molecule has 1 aromatic rings. The van der Waals surface area contributed by atoms with Crippen LogP contribution in [-0.4, -0.2) is 16.1 Å². The summed E-state index contributed by atoms with van der Waals surface area (Å²) in [5.41, 5.74) is 0.954. The minimum atomic E-state index is 0.259. The van der Waals surface area contributed by atoms with Crippen LogP contribution in [-0.2, 0) is 0 Å². The van der Waals surface area contributed by atoms with Gasteiger partial charge in [-0.2, -0.15) is 4.98 Å². The molecule has 0 radical (unpaired) electrons. The number of halogens is 1. The minimum absolute atomic E-state index is 0.259. The molecule has 1 heterocycles. The van der Waals surface area contributed by atoms with Crippen molar-refractivity contribution in [2.75, 3.05) is 0 Å². The Labute approximate surface area is 108 Å². The lowest BCUT2D eigenvalue weighted by molar-refractivity contribution is 0.0849. The molecule has 0 amide bonds. The summed E-state index contributed by atoms with van der Waals surface area (Å²) in [6, 6.07) is 0. The van der Waals surface area contributed by atoms with Crippen molar-refractivity contribution >= 4 is 11.6 Å². The van der Waals surface area contributed by atoms with E-state index in [2.05, 4.69) is 16.9 Å². The van der Waals surface area contributed by atoms with E-state index in [0.29, 0.717) is 17.9 Å². The SMILES string of the molecule is CCC1CCCCC1Oc1nc(Cl)ncc1C. The molecule has 0 spiro atoms. The summed E-state index contributed by atoms with van der Waals surface area (Å²) in [6.07, 6.45) is 8.13. The second-order valence-electron chi connectivity index (χ2n) is 4.74. The molecule has 0 aromatic carbocycles. The van der Waals surface area contributed by atoms with Gasteiger partial charge in [0.2, 0.25) is 11.2 Å². The number of hydrogen-bond acceptors (Lipinski definition) is 3. The Morgan fingerprint density at radius 3 is 2.94 bits per heavy atom. The van der Waals surface area contributed by atoms with E-state index in [1.807, 2.05) is 6.92 Å². The van der Waals surface area contributed by atoms with Crippen LogP contribution in [0.15, 0.2) is 6.20 Å². The summed E-state index contributed by atoms with van der Waals surface area (Å²) < 4.78 is 6.03. The zero-order chi connectivity index (χ0) is 12.3. The van der Waals surface area contributed by atoms with Crippen molar-refractivity contribution in [2.45, 2.75) is 52.1 Å². The van der Waals surface area contributed by atoms with Gasteiger partial charge in [0.15, 0.2) is 0 Å². The molecule has 2 rings (SSSR count). The van der Waals surface area contributed by atoms with Crippen LogP contribution in [0.3, 0.4) is 0 Å². The summed E-state index contributed by atoms with van der Waals surface area (Å²) in [4.78, 5) is 8.11. The molecule has 0 saturated heterocycles. The van der Waals surface area contributed by atoms with Gasteiger partial charge < -0.3 is 4.74 Å². The fraction of sp³-hybridized carbons (Fsp3) is 0.692. The van der Waals surface area contributed by atoms with Crippen molar-refractivity contribution in [3.05, 3.63) is 17.0 Å². The molecule has 0 N–H and O–H groups in total. The molecule has 4 heteroatoms. The highest BCUT2D eigenvalue weighted by molar-refractivity contribution is 6.28. The highest BCUT2D eigenvalue weighted by atomic mass is 35.5. The van der Waals surface area contributed by atoms with E-state index in [9.17, 15) is 0 Å².